The minimum atomic E-state index is -4.01. The van der Waals surface area contributed by atoms with Crippen molar-refractivity contribution in [2.24, 2.45) is 0 Å². The molecule has 10 nitrogen and oxygen atoms in total. The van der Waals surface area contributed by atoms with E-state index in [4.69, 9.17) is 0 Å². The van der Waals surface area contributed by atoms with Crippen LogP contribution in [0.1, 0.15) is 5.82 Å². The highest BCUT2D eigenvalue weighted by Gasteiger charge is 2.18. The Labute approximate surface area is 150 Å². The summed E-state index contributed by atoms with van der Waals surface area (Å²) in [7, 11) is -4.01. The third-order valence-corrected chi connectivity index (χ3v) is 4.88. The van der Waals surface area contributed by atoms with Crippen LogP contribution in [-0.4, -0.2) is 33.5 Å². The minimum Gasteiger partial charge on any atom is -0.258 e. The van der Waals surface area contributed by atoms with Gasteiger partial charge in [-0.1, -0.05) is 0 Å². The lowest BCUT2D eigenvalue weighted by molar-refractivity contribution is -0.384. The lowest BCUT2D eigenvalue weighted by atomic mass is 10.3. The minimum absolute atomic E-state index is 0.0199. The molecule has 0 aliphatic carbocycles. The highest BCUT2D eigenvalue weighted by Crippen LogP contribution is 2.17. The van der Waals surface area contributed by atoms with Gasteiger partial charge in [-0.3, -0.25) is 10.1 Å². The average molecular weight is 396 g/mol. The van der Waals surface area contributed by atoms with Crippen LogP contribution in [0.3, 0.4) is 0 Å². The first kappa shape index (κ1) is 18.5. The number of sulfonamides is 1. The van der Waals surface area contributed by atoms with Crippen LogP contribution in [0.15, 0.2) is 47.4 Å². The number of hydrogen-bond acceptors (Lipinski definition) is 7. The molecule has 0 saturated heterocycles. The zero-order chi connectivity index (χ0) is 19.6. The molecule has 0 radical (unpaired) electrons. The summed E-state index contributed by atoms with van der Waals surface area (Å²) in [6.07, 6.45) is 0. The zero-order valence-corrected chi connectivity index (χ0v) is 14.1. The van der Waals surface area contributed by atoms with Gasteiger partial charge in [0.1, 0.15) is 0 Å². The second kappa shape index (κ2) is 7.13. The van der Waals surface area contributed by atoms with Crippen LogP contribution in [-0.2, 0) is 16.6 Å². The first-order valence-corrected chi connectivity index (χ1v) is 8.73. The van der Waals surface area contributed by atoms with Gasteiger partial charge < -0.3 is 0 Å². The lowest BCUT2D eigenvalue weighted by Gasteiger charge is -2.07. The van der Waals surface area contributed by atoms with E-state index in [1.165, 1.54) is 6.07 Å². The fourth-order valence-electron chi connectivity index (χ4n) is 2.12. The van der Waals surface area contributed by atoms with Crippen molar-refractivity contribution >= 4 is 15.7 Å². The van der Waals surface area contributed by atoms with E-state index in [0.29, 0.717) is 0 Å². The number of hydrogen-bond donors (Lipinski definition) is 1. The third kappa shape index (κ3) is 3.93. The summed E-state index contributed by atoms with van der Waals surface area (Å²) in [5.74, 6) is -2.14. The van der Waals surface area contributed by atoms with Gasteiger partial charge in [-0.2, -0.15) is 4.68 Å². The van der Waals surface area contributed by atoms with Gasteiger partial charge >= 0.3 is 0 Å². The molecule has 1 aromatic heterocycles. The van der Waals surface area contributed by atoms with Crippen LogP contribution < -0.4 is 4.72 Å². The highest BCUT2D eigenvalue weighted by molar-refractivity contribution is 7.89. The summed E-state index contributed by atoms with van der Waals surface area (Å²) in [6, 6.07) is 7.25. The molecule has 0 fully saturated rings. The number of nitrogens with one attached hydrogen (secondary N) is 1. The average Bonchev–Trinajstić information content (AvgIpc) is 3.11. The zero-order valence-electron chi connectivity index (χ0n) is 13.3. The molecule has 0 amide bonds. The van der Waals surface area contributed by atoms with Crippen molar-refractivity contribution in [2.45, 2.75) is 11.4 Å². The lowest BCUT2D eigenvalue weighted by Crippen LogP contribution is -2.25. The van der Waals surface area contributed by atoms with Gasteiger partial charge in [0.25, 0.3) is 5.69 Å². The van der Waals surface area contributed by atoms with Crippen LogP contribution >= 0.6 is 0 Å². The molecule has 0 atom stereocenters. The molecular formula is C14H10F2N6O4S. The van der Waals surface area contributed by atoms with Gasteiger partial charge in [0, 0.05) is 18.2 Å². The van der Waals surface area contributed by atoms with Crippen LogP contribution in [0.4, 0.5) is 14.5 Å². The van der Waals surface area contributed by atoms with Crippen molar-refractivity contribution in [1.82, 2.24) is 24.9 Å². The molecule has 0 aliphatic heterocycles. The van der Waals surface area contributed by atoms with Crippen molar-refractivity contribution in [3.63, 3.8) is 0 Å². The molecule has 0 spiro atoms. The van der Waals surface area contributed by atoms with Gasteiger partial charge in [0.05, 0.1) is 22.1 Å². The molecule has 0 saturated carbocycles. The summed E-state index contributed by atoms with van der Waals surface area (Å²) in [5, 5.41) is 21.3. The summed E-state index contributed by atoms with van der Waals surface area (Å²) >= 11 is 0. The van der Waals surface area contributed by atoms with Crippen molar-refractivity contribution in [3.05, 3.63) is 70.0 Å². The van der Waals surface area contributed by atoms with E-state index >= 15 is 0 Å². The Morgan fingerprint density at radius 1 is 1.11 bits per heavy atom. The van der Waals surface area contributed by atoms with E-state index in [1.54, 1.807) is 0 Å². The van der Waals surface area contributed by atoms with E-state index in [2.05, 4.69) is 20.2 Å². The Morgan fingerprint density at radius 2 is 1.81 bits per heavy atom. The highest BCUT2D eigenvalue weighted by atomic mass is 32.2. The van der Waals surface area contributed by atoms with Gasteiger partial charge in [0.15, 0.2) is 17.5 Å². The summed E-state index contributed by atoms with van der Waals surface area (Å²) < 4.78 is 54.3. The molecule has 140 valence electrons. The molecule has 0 unspecified atom stereocenters. The number of nitro benzene ring substituents is 1. The van der Waals surface area contributed by atoms with Crippen molar-refractivity contribution in [1.29, 1.82) is 0 Å². The van der Waals surface area contributed by atoms with E-state index in [-0.39, 0.29) is 28.6 Å². The molecule has 13 heteroatoms. The summed E-state index contributed by atoms with van der Waals surface area (Å²) in [4.78, 5) is 9.78. The standard InChI is InChI=1S/C14H10F2N6O4S/c15-12-6-3-10(7-13(12)16)21-14(18-19-20-21)8-17-27(25,26)11-4-1-9(2-5-11)22(23)24/h1-7,17H,8H2. The van der Waals surface area contributed by atoms with Crippen LogP contribution in [0, 0.1) is 21.7 Å². The second-order valence-electron chi connectivity index (χ2n) is 5.18. The molecule has 2 aromatic carbocycles. The molecule has 27 heavy (non-hydrogen) atoms. The maximum Gasteiger partial charge on any atom is 0.269 e. The number of halogens is 2. The molecule has 1 N–H and O–H groups in total. The number of tetrazole rings is 1. The molecule has 3 rings (SSSR count). The number of benzene rings is 2. The largest absolute Gasteiger partial charge is 0.269 e. The third-order valence-electron chi connectivity index (χ3n) is 3.46. The fraction of sp³-hybridized carbons (Fsp3) is 0.0714. The van der Waals surface area contributed by atoms with E-state index in [1.807, 2.05) is 0 Å². The van der Waals surface area contributed by atoms with E-state index < -0.39 is 26.6 Å². The van der Waals surface area contributed by atoms with Crippen LogP contribution in [0.2, 0.25) is 0 Å². The SMILES string of the molecule is O=[N+]([O-])c1ccc(S(=O)(=O)NCc2nnnn2-c2ccc(F)c(F)c2)cc1. The fourth-order valence-corrected chi connectivity index (χ4v) is 3.10. The quantitative estimate of drug-likeness (QED) is 0.491. The molecule has 1 heterocycles. The van der Waals surface area contributed by atoms with Crippen molar-refractivity contribution in [3.8, 4) is 5.69 Å². The molecule has 0 bridgehead atoms. The number of nitro groups is 1. The van der Waals surface area contributed by atoms with Crippen LogP contribution in [0.5, 0.6) is 0 Å². The predicted octanol–water partition coefficient (Wildman–Crippen LogP) is 1.33. The normalized spacial score (nSPS) is 11.5. The number of rotatable bonds is 6. The van der Waals surface area contributed by atoms with Gasteiger partial charge in [-0.25, -0.2) is 21.9 Å². The van der Waals surface area contributed by atoms with E-state index in [9.17, 15) is 27.3 Å². The Hall–Kier alpha value is -3.32. The van der Waals surface area contributed by atoms with Crippen LogP contribution in [0.25, 0.3) is 5.69 Å². The monoisotopic (exact) mass is 396 g/mol. The summed E-state index contributed by atoms with van der Waals surface area (Å²) in [6.45, 7) is -0.356. The number of aromatic nitrogens is 4. The Morgan fingerprint density at radius 3 is 2.44 bits per heavy atom. The topological polar surface area (TPSA) is 133 Å². The predicted molar refractivity (Wildman–Crippen MR) is 86.2 cm³/mol. The molecule has 3 aromatic rings. The molecular weight excluding hydrogens is 386 g/mol. The first-order valence-electron chi connectivity index (χ1n) is 7.25. The van der Waals surface area contributed by atoms with Gasteiger partial charge in [0.2, 0.25) is 10.0 Å². The number of nitrogens with zero attached hydrogens (tertiary/aromatic N) is 5. The number of non-ortho nitro benzene ring substituents is 1. The first-order chi connectivity index (χ1) is 12.8. The Kier molecular flexibility index (Phi) is 4.87. The Bertz CT molecular complexity index is 1100. The smallest absolute Gasteiger partial charge is 0.258 e. The maximum absolute atomic E-state index is 13.4. The van der Waals surface area contributed by atoms with Crippen molar-refractivity contribution < 1.29 is 22.1 Å². The molecule has 0 aliphatic rings. The van der Waals surface area contributed by atoms with Gasteiger partial charge in [-0.05, 0) is 34.7 Å². The van der Waals surface area contributed by atoms with E-state index in [0.717, 1.165) is 41.1 Å². The Balaban J connectivity index is 1.79. The van der Waals surface area contributed by atoms with Crippen molar-refractivity contribution in [2.75, 3.05) is 0 Å². The second-order valence-corrected chi connectivity index (χ2v) is 6.95. The summed E-state index contributed by atoms with van der Waals surface area (Å²) in [5.41, 5.74) is -0.153. The van der Waals surface area contributed by atoms with Gasteiger partial charge in [-0.15, -0.1) is 5.10 Å². The maximum atomic E-state index is 13.4.